The second-order valence-electron chi connectivity index (χ2n) is 7.48. The van der Waals surface area contributed by atoms with Crippen molar-refractivity contribution in [3.63, 3.8) is 0 Å². The van der Waals surface area contributed by atoms with Crippen LogP contribution in [0.2, 0.25) is 0 Å². The maximum absolute atomic E-state index is 13.2. The van der Waals surface area contributed by atoms with Crippen LogP contribution in [0, 0.1) is 12.3 Å². The molecule has 5 aromatic rings. The number of hydrogen-bond acceptors (Lipinski definition) is 6. The third-order valence-corrected chi connectivity index (χ3v) is 5.33. The topological polar surface area (TPSA) is 111 Å². The summed E-state index contributed by atoms with van der Waals surface area (Å²) in [5.41, 5.74) is 10.7. The Morgan fingerprint density at radius 2 is 1.94 bits per heavy atom. The van der Waals surface area contributed by atoms with Crippen molar-refractivity contribution in [2.45, 2.75) is 13.0 Å². The van der Waals surface area contributed by atoms with Crippen molar-refractivity contribution in [3.8, 4) is 23.6 Å². The van der Waals surface area contributed by atoms with Crippen LogP contribution in [0.1, 0.15) is 34.6 Å². The lowest BCUT2D eigenvalue weighted by Crippen LogP contribution is -2.28. The van der Waals surface area contributed by atoms with Crippen LogP contribution in [-0.2, 0) is 0 Å². The van der Waals surface area contributed by atoms with E-state index < -0.39 is 11.9 Å². The van der Waals surface area contributed by atoms with Gasteiger partial charge in [0.2, 0.25) is 0 Å². The smallest absolute Gasteiger partial charge is 0.259 e. The number of fused-ring (bicyclic) bond motifs is 2. The predicted octanol–water partition coefficient (Wildman–Crippen LogP) is 3.39. The highest BCUT2D eigenvalue weighted by Gasteiger charge is 2.24. The number of benzene rings is 2. The third-order valence-electron chi connectivity index (χ3n) is 5.33. The van der Waals surface area contributed by atoms with Crippen molar-refractivity contribution in [1.29, 1.82) is 0 Å². The average Bonchev–Trinajstić information content (AvgIpc) is 3.19. The zero-order valence-corrected chi connectivity index (χ0v) is 17.7. The number of aromatic nitrogens is 5. The van der Waals surface area contributed by atoms with Crippen molar-refractivity contribution in [1.82, 2.24) is 29.9 Å². The fourth-order valence-corrected chi connectivity index (χ4v) is 3.78. The van der Waals surface area contributed by atoms with Crippen LogP contribution in [0.3, 0.4) is 0 Å². The molecule has 2 aromatic carbocycles. The first-order chi connectivity index (χ1) is 16.1. The highest BCUT2D eigenvalue weighted by Crippen LogP contribution is 2.29. The molecule has 1 atom stereocenters. The van der Waals surface area contributed by atoms with Crippen LogP contribution < -0.4 is 11.1 Å². The van der Waals surface area contributed by atoms with Crippen LogP contribution in [-0.4, -0.2) is 30.5 Å². The van der Waals surface area contributed by atoms with Crippen LogP contribution in [0.5, 0.6) is 0 Å². The zero-order chi connectivity index (χ0) is 22.9. The van der Waals surface area contributed by atoms with E-state index in [2.05, 4.69) is 21.3 Å². The van der Waals surface area contributed by atoms with E-state index in [0.717, 1.165) is 5.56 Å². The zero-order valence-electron chi connectivity index (χ0n) is 17.7. The molecule has 0 saturated heterocycles. The van der Waals surface area contributed by atoms with Crippen LogP contribution in [0.4, 0.5) is 5.82 Å². The molecule has 0 aliphatic heterocycles. The van der Waals surface area contributed by atoms with Gasteiger partial charge in [0.1, 0.15) is 11.1 Å². The molecule has 3 heterocycles. The average molecular weight is 433 g/mol. The van der Waals surface area contributed by atoms with E-state index in [0.29, 0.717) is 33.6 Å². The molecule has 8 heteroatoms. The summed E-state index contributed by atoms with van der Waals surface area (Å²) in [4.78, 5) is 27.1. The molecule has 0 bridgehead atoms. The normalized spacial score (nSPS) is 11.9. The molecule has 3 aromatic heterocycles. The quantitative estimate of drug-likeness (QED) is 0.420. The van der Waals surface area contributed by atoms with Gasteiger partial charge in [-0.3, -0.25) is 4.79 Å². The number of anilines is 1. The minimum absolute atomic E-state index is 0.102. The molecule has 0 aliphatic rings. The molecule has 0 fully saturated rings. The lowest BCUT2D eigenvalue weighted by Gasteiger charge is -2.18. The number of carbonyl (C=O) groups excluding carboxylic acids is 1. The number of nitrogen functional groups attached to an aromatic ring is 1. The van der Waals surface area contributed by atoms with Gasteiger partial charge in [0.25, 0.3) is 5.91 Å². The third kappa shape index (κ3) is 3.51. The van der Waals surface area contributed by atoms with Gasteiger partial charge >= 0.3 is 0 Å². The first kappa shape index (κ1) is 20.2. The summed E-state index contributed by atoms with van der Waals surface area (Å²) >= 11 is 0. The fraction of sp³-hybridized carbons (Fsp3) is 0.0800. The first-order valence-electron chi connectivity index (χ1n) is 10.3. The van der Waals surface area contributed by atoms with Gasteiger partial charge < -0.3 is 11.1 Å². The van der Waals surface area contributed by atoms with Crippen molar-refractivity contribution < 1.29 is 4.79 Å². The fourth-order valence-electron chi connectivity index (χ4n) is 3.78. The van der Waals surface area contributed by atoms with Gasteiger partial charge in [0, 0.05) is 18.0 Å². The highest BCUT2D eigenvalue weighted by molar-refractivity contribution is 6.04. The number of nitrogens with one attached hydrogen (secondary N) is 1. The van der Waals surface area contributed by atoms with E-state index in [9.17, 15) is 4.79 Å². The molecule has 3 N–H and O–H groups in total. The number of rotatable bonds is 4. The van der Waals surface area contributed by atoms with E-state index >= 15 is 0 Å². The second-order valence-corrected chi connectivity index (χ2v) is 7.48. The maximum Gasteiger partial charge on any atom is 0.259 e. The number of para-hydroxylation sites is 1. The van der Waals surface area contributed by atoms with Crippen molar-refractivity contribution in [3.05, 3.63) is 83.8 Å². The van der Waals surface area contributed by atoms with Crippen LogP contribution in [0.15, 0.2) is 67.0 Å². The molecule has 8 nitrogen and oxygen atoms in total. The van der Waals surface area contributed by atoms with Gasteiger partial charge in [-0.15, -0.1) is 11.5 Å². The Morgan fingerprint density at radius 3 is 2.73 bits per heavy atom. The Kier molecular flexibility index (Phi) is 4.92. The van der Waals surface area contributed by atoms with Gasteiger partial charge in [-0.1, -0.05) is 42.3 Å². The second kappa shape index (κ2) is 8.05. The Hall–Kier alpha value is -4.77. The Morgan fingerprint density at radius 1 is 1.12 bits per heavy atom. The molecule has 0 saturated carbocycles. The summed E-state index contributed by atoms with van der Waals surface area (Å²) in [6.07, 6.45) is 8.95. The monoisotopic (exact) mass is 433 g/mol. The van der Waals surface area contributed by atoms with Gasteiger partial charge in [-0.05, 0) is 25.1 Å². The van der Waals surface area contributed by atoms with Gasteiger partial charge in [-0.25, -0.2) is 19.5 Å². The molecule has 5 rings (SSSR count). The van der Waals surface area contributed by atoms with E-state index in [1.54, 1.807) is 18.5 Å². The van der Waals surface area contributed by atoms with E-state index in [1.165, 1.54) is 4.52 Å². The van der Waals surface area contributed by atoms with Crippen molar-refractivity contribution in [2.75, 3.05) is 5.73 Å². The summed E-state index contributed by atoms with van der Waals surface area (Å²) in [5, 5.41) is 7.14. The Labute approximate surface area is 189 Å². The summed E-state index contributed by atoms with van der Waals surface area (Å²) in [7, 11) is 0. The molecule has 0 radical (unpaired) electrons. The van der Waals surface area contributed by atoms with Gasteiger partial charge in [0.05, 0.1) is 28.5 Å². The molecule has 33 heavy (non-hydrogen) atoms. The van der Waals surface area contributed by atoms with Crippen LogP contribution in [0.25, 0.3) is 27.9 Å². The summed E-state index contributed by atoms with van der Waals surface area (Å²) in [5.74, 6) is 2.37. The molecule has 1 amide bonds. The largest absolute Gasteiger partial charge is 0.381 e. The number of amides is 1. The van der Waals surface area contributed by atoms with Crippen molar-refractivity contribution >= 4 is 28.4 Å². The SMILES string of the molecule is C#Cc1cccc2nc([C@H](C)NC(=O)c3c(N)nn4cccnc34)c(-c3ccccc3)nc12. The lowest BCUT2D eigenvalue weighted by molar-refractivity contribution is 0.0941. The number of hydrogen-bond donors (Lipinski definition) is 2. The Balaban J connectivity index is 1.60. The van der Waals surface area contributed by atoms with Crippen molar-refractivity contribution in [2.24, 2.45) is 0 Å². The summed E-state index contributed by atoms with van der Waals surface area (Å²) < 4.78 is 1.47. The number of carbonyl (C=O) groups is 1. The number of nitrogens with zero attached hydrogens (tertiary/aromatic N) is 5. The Bertz CT molecular complexity index is 1550. The molecule has 0 aliphatic carbocycles. The standard InChI is InChI=1S/C25H19N7O/c1-3-16-11-7-12-18-21(16)30-22(17-9-5-4-6-10-17)20(29-18)15(2)28-25(33)19-23(26)31-32-14-8-13-27-24(19)32/h1,4-15H,2H3,(H2,26,31)(H,28,33)/t15-/m0/s1. The molecule has 0 unspecified atom stereocenters. The molecule has 0 spiro atoms. The maximum atomic E-state index is 13.2. The highest BCUT2D eigenvalue weighted by atomic mass is 16.1. The molecule has 160 valence electrons. The first-order valence-corrected chi connectivity index (χ1v) is 10.3. The van der Waals surface area contributed by atoms with E-state index in [1.807, 2.05) is 55.5 Å². The molecular weight excluding hydrogens is 414 g/mol. The number of nitrogens with two attached hydrogens (primary N) is 1. The minimum atomic E-state index is -0.489. The summed E-state index contributed by atoms with van der Waals surface area (Å²) in [6, 6.07) is 16.4. The number of terminal acetylenes is 1. The summed E-state index contributed by atoms with van der Waals surface area (Å²) in [6.45, 7) is 1.85. The van der Waals surface area contributed by atoms with Crippen LogP contribution >= 0.6 is 0 Å². The van der Waals surface area contributed by atoms with Gasteiger partial charge in [0.15, 0.2) is 11.5 Å². The van der Waals surface area contributed by atoms with E-state index in [-0.39, 0.29) is 11.4 Å². The predicted molar refractivity (Wildman–Crippen MR) is 126 cm³/mol. The minimum Gasteiger partial charge on any atom is -0.381 e. The van der Waals surface area contributed by atoms with E-state index in [4.69, 9.17) is 22.1 Å². The van der Waals surface area contributed by atoms with Gasteiger partial charge in [-0.2, -0.15) is 0 Å². The lowest BCUT2D eigenvalue weighted by atomic mass is 10.0. The molecular formula is C25H19N7O.